The Morgan fingerprint density at radius 1 is 1.12 bits per heavy atom. The summed E-state index contributed by atoms with van der Waals surface area (Å²) in [6, 6.07) is 12.7. The Bertz CT molecular complexity index is 981. The van der Waals surface area contributed by atoms with Crippen molar-refractivity contribution in [3.8, 4) is 5.75 Å². The van der Waals surface area contributed by atoms with Crippen molar-refractivity contribution in [3.63, 3.8) is 0 Å². The molecule has 1 fully saturated rings. The highest BCUT2D eigenvalue weighted by molar-refractivity contribution is 5.81. The lowest BCUT2D eigenvalue weighted by molar-refractivity contribution is -0.126. The van der Waals surface area contributed by atoms with E-state index in [-0.39, 0.29) is 29.6 Å². The number of likely N-dealkylation sites (tertiary alicyclic amines) is 1. The lowest BCUT2D eigenvalue weighted by atomic mass is 9.83. The van der Waals surface area contributed by atoms with Gasteiger partial charge in [-0.15, -0.1) is 0 Å². The fourth-order valence-corrected chi connectivity index (χ4v) is 4.48. The van der Waals surface area contributed by atoms with Crippen molar-refractivity contribution in [1.29, 1.82) is 0 Å². The number of amides is 3. The lowest BCUT2D eigenvalue weighted by Gasteiger charge is -2.37. The number of unbranched alkanes of at least 4 members (excludes halogenated alkanes) is 1. The zero-order chi connectivity index (χ0) is 24.5. The number of nitrogens with one attached hydrogen (secondary N) is 2. The van der Waals surface area contributed by atoms with E-state index in [2.05, 4.69) is 17.6 Å². The number of halogens is 1. The SMILES string of the molecule is CCCCNC(=O)N1CC(C(=O)NCCc2ccccc2OC)CC(c2ccc(F)c(C)c2)C1. The van der Waals surface area contributed by atoms with Crippen LogP contribution in [0.1, 0.15) is 48.8 Å². The minimum absolute atomic E-state index is 0.0325. The van der Waals surface area contributed by atoms with E-state index in [0.29, 0.717) is 44.6 Å². The number of hydrogen-bond donors (Lipinski definition) is 2. The number of ether oxygens (including phenoxy) is 1. The predicted molar refractivity (Wildman–Crippen MR) is 132 cm³/mol. The summed E-state index contributed by atoms with van der Waals surface area (Å²) >= 11 is 0. The molecule has 7 heteroatoms. The Morgan fingerprint density at radius 2 is 1.91 bits per heavy atom. The Balaban J connectivity index is 1.68. The predicted octanol–water partition coefficient (Wildman–Crippen LogP) is 4.42. The summed E-state index contributed by atoms with van der Waals surface area (Å²) in [4.78, 5) is 27.7. The first-order valence-electron chi connectivity index (χ1n) is 12.1. The summed E-state index contributed by atoms with van der Waals surface area (Å²) in [5, 5.41) is 6.01. The highest BCUT2D eigenvalue weighted by atomic mass is 19.1. The number of hydrogen-bond acceptors (Lipinski definition) is 3. The van der Waals surface area contributed by atoms with E-state index in [0.717, 1.165) is 29.7 Å². The van der Waals surface area contributed by atoms with Crippen LogP contribution < -0.4 is 15.4 Å². The molecular formula is C27H36FN3O3. The molecule has 0 aliphatic carbocycles. The molecule has 2 aromatic carbocycles. The van der Waals surface area contributed by atoms with Crippen molar-refractivity contribution >= 4 is 11.9 Å². The fraction of sp³-hybridized carbons (Fsp3) is 0.481. The fourth-order valence-electron chi connectivity index (χ4n) is 4.48. The van der Waals surface area contributed by atoms with Crippen molar-refractivity contribution < 1.29 is 18.7 Å². The first-order valence-corrected chi connectivity index (χ1v) is 12.1. The van der Waals surface area contributed by atoms with E-state index in [4.69, 9.17) is 4.74 Å². The van der Waals surface area contributed by atoms with Gasteiger partial charge in [0.05, 0.1) is 13.0 Å². The van der Waals surface area contributed by atoms with Gasteiger partial charge in [-0.2, -0.15) is 0 Å². The molecule has 0 saturated carbocycles. The van der Waals surface area contributed by atoms with Crippen LogP contribution in [0.25, 0.3) is 0 Å². The summed E-state index contributed by atoms with van der Waals surface area (Å²) in [7, 11) is 1.64. The second kappa shape index (κ2) is 12.4. The summed E-state index contributed by atoms with van der Waals surface area (Å²) < 4.78 is 19.2. The standard InChI is InChI=1S/C27H36FN3O3/c1-4-5-13-30-27(33)31-17-22(21-10-11-24(28)19(2)15-21)16-23(18-31)26(32)29-14-12-20-8-6-7-9-25(20)34-3/h6-11,15,22-23H,4-5,12-14,16-18H2,1-3H3,(H,29,32)(H,30,33). The lowest BCUT2D eigenvalue weighted by Crippen LogP contribution is -2.51. The van der Waals surface area contributed by atoms with Gasteiger partial charge < -0.3 is 20.3 Å². The van der Waals surface area contributed by atoms with Gasteiger partial charge in [0.1, 0.15) is 11.6 Å². The second-order valence-electron chi connectivity index (χ2n) is 8.98. The summed E-state index contributed by atoms with van der Waals surface area (Å²) in [6.45, 7) is 5.79. The Kier molecular flexibility index (Phi) is 9.31. The van der Waals surface area contributed by atoms with E-state index in [1.165, 1.54) is 6.07 Å². The zero-order valence-electron chi connectivity index (χ0n) is 20.4. The van der Waals surface area contributed by atoms with Crippen LogP contribution in [-0.2, 0) is 11.2 Å². The minimum atomic E-state index is -0.335. The van der Waals surface area contributed by atoms with Crippen molar-refractivity contribution in [1.82, 2.24) is 15.5 Å². The number of rotatable bonds is 9. The Hall–Kier alpha value is -3.09. The first kappa shape index (κ1) is 25.5. The van der Waals surface area contributed by atoms with E-state index in [9.17, 15) is 14.0 Å². The average Bonchev–Trinajstić information content (AvgIpc) is 2.85. The second-order valence-corrected chi connectivity index (χ2v) is 8.98. The van der Waals surface area contributed by atoms with Gasteiger partial charge in [-0.25, -0.2) is 9.18 Å². The average molecular weight is 470 g/mol. The molecular weight excluding hydrogens is 433 g/mol. The maximum Gasteiger partial charge on any atom is 0.317 e. The third kappa shape index (κ3) is 6.72. The van der Waals surface area contributed by atoms with Gasteiger partial charge in [-0.1, -0.05) is 43.7 Å². The molecule has 34 heavy (non-hydrogen) atoms. The van der Waals surface area contributed by atoms with Gasteiger partial charge in [0, 0.05) is 32.1 Å². The molecule has 1 heterocycles. The van der Waals surface area contributed by atoms with Gasteiger partial charge in [-0.05, 0) is 55.0 Å². The molecule has 1 aliphatic heterocycles. The van der Waals surface area contributed by atoms with Crippen LogP contribution in [0.2, 0.25) is 0 Å². The third-order valence-electron chi connectivity index (χ3n) is 6.45. The van der Waals surface area contributed by atoms with Gasteiger partial charge >= 0.3 is 6.03 Å². The van der Waals surface area contributed by atoms with Crippen LogP contribution in [-0.4, -0.2) is 50.1 Å². The summed E-state index contributed by atoms with van der Waals surface area (Å²) in [5.74, 6) is 0.119. The smallest absolute Gasteiger partial charge is 0.317 e. The maximum absolute atomic E-state index is 13.8. The number of para-hydroxylation sites is 1. The van der Waals surface area contributed by atoms with E-state index in [1.807, 2.05) is 30.3 Å². The molecule has 3 rings (SSSR count). The van der Waals surface area contributed by atoms with Crippen LogP contribution in [0, 0.1) is 18.7 Å². The number of carbonyl (C=O) groups is 2. The van der Waals surface area contributed by atoms with Crippen molar-refractivity contribution in [3.05, 3.63) is 65.0 Å². The highest BCUT2D eigenvalue weighted by Gasteiger charge is 2.34. The molecule has 2 atom stereocenters. The number of piperidine rings is 1. The number of aryl methyl sites for hydroxylation is 1. The molecule has 0 bridgehead atoms. The highest BCUT2D eigenvalue weighted by Crippen LogP contribution is 2.31. The van der Waals surface area contributed by atoms with Crippen molar-refractivity contribution in [2.75, 3.05) is 33.3 Å². The molecule has 0 aromatic heterocycles. The van der Waals surface area contributed by atoms with E-state index >= 15 is 0 Å². The molecule has 184 valence electrons. The van der Waals surface area contributed by atoms with Crippen LogP contribution in [0.3, 0.4) is 0 Å². The molecule has 6 nitrogen and oxygen atoms in total. The molecule has 1 aliphatic rings. The molecule has 3 amide bonds. The van der Waals surface area contributed by atoms with Gasteiger partial charge in [0.2, 0.25) is 5.91 Å². The number of benzene rings is 2. The Labute approximate surface area is 201 Å². The molecule has 2 aromatic rings. The number of carbonyl (C=O) groups excluding carboxylic acids is 2. The van der Waals surface area contributed by atoms with Crippen LogP contribution in [0.15, 0.2) is 42.5 Å². The minimum Gasteiger partial charge on any atom is -0.496 e. The first-order chi connectivity index (χ1) is 16.4. The largest absolute Gasteiger partial charge is 0.496 e. The Morgan fingerprint density at radius 3 is 2.65 bits per heavy atom. The maximum atomic E-state index is 13.8. The van der Waals surface area contributed by atoms with Crippen LogP contribution in [0.4, 0.5) is 9.18 Å². The summed E-state index contributed by atoms with van der Waals surface area (Å²) in [5.41, 5.74) is 2.56. The third-order valence-corrected chi connectivity index (χ3v) is 6.45. The van der Waals surface area contributed by atoms with Crippen molar-refractivity contribution in [2.45, 2.75) is 45.4 Å². The molecule has 0 spiro atoms. The number of nitrogens with zero attached hydrogens (tertiary/aromatic N) is 1. The van der Waals surface area contributed by atoms with E-state index in [1.54, 1.807) is 25.0 Å². The molecule has 2 unspecified atom stereocenters. The van der Waals surface area contributed by atoms with Crippen LogP contribution >= 0.6 is 0 Å². The zero-order valence-corrected chi connectivity index (χ0v) is 20.4. The quantitative estimate of drug-likeness (QED) is 0.534. The molecule has 2 N–H and O–H groups in total. The monoisotopic (exact) mass is 469 g/mol. The normalized spacial score (nSPS) is 17.8. The summed E-state index contributed by atoms with van der Waals surface area (Å²) in [6.07, 6.45) is 3.18. The molecule has 0 radical (unpaired) electrons. The number of methoxy groups -OCH3 is 1. The van der Waals surface area contributed by atoms with Crippen molar-refractivity contribution in [2.24, 2.45) is 5.92 Å². The number of urea groups is 1. The van der Waals surface area contributed by atoms with Crippen LogP contribution in [0.5, 0.6) is 5.75 Å². The van der Waals surface area contributed by atoms with E-state index < -0.39 is 0 Å². The van der Waals surface area contributed by atoms with Gasteiger partial charge in [0.25, 0.3) is 0 Å². The van der Waals surface area contributed by atoms with Gasteiger partial charge in [0.15, 0.2) is 0 Å². The topological polar surface area (TPSA) is 70.7 Å². The molecule has 1 saturated heterocycles. The van der Waals surface area contributed by atoms with Gasteiger partial charge in [-0.3, -0.25) is 4.79 Å².